The van der Waals surface area contributed by atoms with Gasteiger partial charge in [-0.25, -0.2) is 0 Å². The number of carbonyl (C=O) groups is 2. The largest absolute Gasteiger partial charge is 0.507 e. The minimum atomic E-state index is -0.667. The van der Waals surface area contributed by atoms with Gasteiger partial charge in [-0.1, -0.05) is 57.2 Å². The third-order valence-corrected chi connectivity index (χ3v) is 5.29. The molecule has 0 aromatic heterocycles. The molecule has 0 bridgehead atoms. The zero-order valence-corrected chi connectivity index (χ0v) is 17.3. The van der Waals surface area contributed by atoms with Gasteiger partial charge in [0.15, 0.2) is 0 Å². The second kappa shape index (κ2) is 8.52. The van der Waals surface area contributed by atoms with Gasteiger partial charge in [-0.05, 0) is 35.6 Å². The van der Waals surface area contributed by atoms with E-state index in [0.29, 0.717) is 30.2 Å². The highest BCUT2D eigenvalue weighted by Gasteiger charge is 2.45. The number of ether oxygens (including phenoxy) is 1. The predicted octanol–water partition coefficient (Wildman–Crippen LogP) is 4.65. The Labute approximate surface area is 171 Å². The van der Waals surface area contributed by atoms with Crippen LogP contribution < -0.4 is 4.74 Å². The third-order valence-electron chi connectivity index (χ3n) is 5.29. The molecule has 2 aromatic rings. The van der Waals surface area contributed by atoms with Gasteiger partial charge in [0, 0.05) is 6.54 Å². The Morgan fingerprint density at radius 1 is 1.10 bits per heavy atom. The summed E-state index contributed by atoms with van der Waals surface area (Å²) in [4.78, 5) is 27.2. The Balaban J connectivity index is 2.19. The van der Waals surface area contributed by atoms with Gasteiger partial charge >= 0.3 is 0 Å². The van der Waals surface area contributed by atoms with Crippen molar-refractivity contribution in [3.8, 4) is 5.75 Å². The van der Waals surface area contributed by atoms with Crippen LogP contribution in [0.25, 0.3) is 5.76 Å². The molecule has 0 spiro atoms. The van der Waals surface area contributed by atoms with Gasteiger partial charge < -0.3 is 14.7 Å². The quantitative estimate of drug-likeness (QED) is 0.441. The van der Waals surface area contributed by atoms with E-state index in [1.165, 1.54) is 12.7 Å². The van der Waals surface area contributed by atoms with E-state index in [-0.39, 0.29) is 11.3 Å². The summed E-state index contributed by atoms with van der Waals surface area (Å²) >= 11 is 0. The van der Waals surface area contributed by atoms with Crippen molar-refractivity contribution in [3.63, 3.8) is 0 Å². The van der Waals surface area contributed by atoms with E-state index in [1.807, 2.05) is 31.2 Å². The number of hydrogen-bond acceptors (Lipinski definition) is 4. The molecule has 1 amide bonds. The van der Waals surface area contributed by atoms with Crippen LogP contribution in [0.15, 0.2) is 54.1 Å². The van der Waals surface area contributed by atoms with Gasteiger partial charge in [0.25, 0.3) is 11.7 Å². The van der Waals surface area contributed by atoms with Gasteiger partial charge in [-0.15, -0.1) is 0 Å². The zero-order valence-electron chi connectivity index (χ0n) is 17.3. The van der Waals surface area contributed by atoms with Crippen molar-refractivity contribution < 1.29 is 19.4 Å². The monoisotopic (exact) mass is 393 g/mol. The highest BCUT2D eigenvalue weighted by Crippen LogP contribution is 2.41. The molecule has 1 fully saturated rings. The normalized spacial score (nSPS) is 18.5. The summed E-state index contributed by atoms with van der Waals surface area (Å²) in [6, 6.07) is 14.2. The fourth-order valence-corrected chi connectivity index (χ4v) is 3.75. The molecule has 0 aliphatic carbocycles. The standard InChI is InChI=1S/C24H27NO4/c1-5-14-25-21(17-12-10-16(11-13-17)15(2)3)20(23(27)24(25)28)22(26)18-8-6-7-9-19(18)29-4/h6-13,15,21,26H,5,14H2,1-4H3/b22-20-. The number of rotatable bonds is 6. The summed E-state index contributed by atoms with van der Waals surface area (Å²) in [7, 11) is 1.50. The number of Topliss-reactive ketones (excluding diaryl/α,β-unsaturated/α-hetero) is 1. The number of hydrogen-bond donors (Lipinski definition) is 1. The Morgan fingerprint density at radius 3 is 2.34 bits per heavy atom. The first-order chi connectivity index (χ1) is 13.9. The maximum atomic E-state index is 12.9. The molecular weight excluding hydrogens is 366 g/mol. The predicted molar refractivity (Wildman–Crippen MR) is 113 cm³/mol. The second-order valence-electron chi connectivity index (χ2n) is 7.51. The van der Waals surface area contributed by atoms with Crippen molar-refractivity contribution in [2.45, 2.75) is 39.2 Å². The van der Waals surface area contributed by atoms with Gasteiger partial charge in [-0.2, -0.15) is 0 Å². The molecule has 1 atom stereocenters. The first-order valence-electron chi connectivity index (χ1n) is 9.92. The van der Waals surface area contributed by atoms with E-state index >= 15 is 0 Å². The van der Waals surface area contributed by atoms with Crippen molar-refractivity contribution in [1.82, 2.24) is 4.90 Å². The average Bonchev–Trinajstić information content (AvgIpc) is 2.98. The number of carbonyl (C=O) groups excluding carboxylic acids is 2. The molecule has 0 radical (unpaired) electrons. The van der Waals surface area contributed by atoms with Crippen molar-refractivity contribution in [1.29, 1.82) is 0 Å². The lowest BCUT2D eigenvalue weighted by Crippen LogP contribution is -2.30. The van der Waals surface area contributed by atoms with Gasteiger partial charge in [0.1, 0.15) is 11.5 Å². The number of nitrogens with zero attached hydrogens (tertiary/aromatic N) is 1. The maximum absolute atomic E-state index is 12.9. The smallest absolute Gasteiger partial charge is 0.295 e. The lowest BCUT2D eigenvalue weighted by atomic mass is 9.93. The van der Waals surface area contributed by atoms with Crippen molar-refractivity contribution in [2.75, 3.05) is 13.7 Å². The number of amides is 1. The summed E-state index contributed by atoms with van der Waals surface area (Å²) in [5, 5.41) is 11.1. The fraction of sp³-hybridized carbons (Fsp3) is 0.333. The number of aliphatic hydroxyl groups excluding tert-OH is 1. The fourth-order valence-electron chi connectivity index (χ4n) is 3.75. The first-order valence-corrected chi connectivity index (χ1v) is 9.92. The molecule has 29 heavy (non-hydrogen) atoms. The van der Waals surface area contributed by atoms with E-state index in [0.717, 1.165) is 5.56 Å². The molecule has 152 valence electrons. The molecule has 2 aromatic carbocycles. The van der Waals surface area contributed by atoms with Crippen LogP contribution >= 0.6 is 0 Å². The Hall–Kier alpha value is -3.08. The highest BCUT2D eigenvalue weighted by atomic mass is 16.5. The summed E-state index contributed by atoms with van der Waals surface area (Å²) in [5.74, 6) is -0.640. The van der Waals surface area contributed by atoms with Crippen molar-refractivity contribution >= 4 is 17.4 Å². The first kappa shape index (κ1) is 20.6. The summed E-state index contributed by atoms with van der Waals surface area (Å²) in [5.41, 5.74) is 2.47. The average molecular weight is 393 g/mol. The lowest BCUT2D eigenvalue weighted by molar-refractivity contribution is -0.139. The molecule has 0 saturated carbocycles. The minimum Gasteiger partial charge on any atom is -0.507 e. The summed E-state index contributed by atoms with van der Waals surface area (Å²) < 4.78 is 5.34. The zero-order chi connectivity index (χ0) is 21.1. The molecular formula is C24H27NO4. The number of benzene rings is 2. The highest BCUT2D eigenvalue weighted by molar-refractivity contribution is 6.46. The molecule has 1 aliphatic heterocycles. The van der Waals surface area contributed by atoms with E-state index in [2.05, 4.69) is 13.8 Å². The maximum Gasteiger partial charge on any atom is 0.295 e. The van der Waals surface area contributed by atoms with Gasteiger partial charge in [-0.3, -0.25) is 9.59 Å². The SMILES string of the molecule is CCCN1C(=O)C(=O)/C(=C(\O)c2ccccc2OC)C1c1ccc(C(C)C)cc1. The van der Waals surface area contributed by atoms with Crippen LogP contribution in [0.2, 0.25) is 0 Å². The second-order valence-corrected chi connectivity index (χ2v) is 7.51. The van der Waals surface area contributed by atoms with E-state index < -0.39 is 17.7 Å². The van der Waals surface area contributed by atoms with Gasteiger partial charge in [0.05, 0.1) is 24.3 Å². The number of methoxy groups -OCH3 is 1. The molecule has 1 N–H and O–H groups in total. The molecule has 5 nitrogen and oxygen atoms in total. The van der Waals surface area contributed by atoms with E-state index in [1.54, 1.807) is 29.2 Å². The third kappa shape index (κ3) is 3.77. The Bertz CT molecular complexity index is 944. The minimum absolute atomic E-state index is 0.102. The molecule has 3 rings (SSSR count). The molecule has 1 saturated heterocycles. The van der Waals surface area contributed by atoms with Crippen LogP contribution in [0.4, 0.5) is 0 Å². The van der Waals surface area contributed by atoms with Crippen LogP contribution in [0, 0.1) is 0 Å². The van der Waals surface area contributed by atoms with Crippen LogP contribution in [-0.2, 0) is 9.59 Å². The van der Waals surface area contributed by atoms with Crippen LogP contribution in [0.3, 0.4) is 0 Å². The van der Waals surface area contributed by atoms with Crippen molar-refractivity contribution in [3.05, 3.63) is 70.8 Å². The molecule has 5 heteroatoms. The van der Waals surface area contributed by atoms with Crippen molar-refractivity contribution in [2.24, 2.45) is 0 Å². The number of likely N-dealkylation sites (tertiary alicyclic amines) is 1. The molecule has 1 unspecified atom stereocenters. The molecule has 1 aliphatic rings. The summed E-state index contributed by atoms with van der Waals surface area (Å²) in [6.45, 7) is 6.61. The molecule has 1 heterocycles. The number of ketones is 1. The Morgan fingerprint density at radius 2 is 1.76 bits per heavy atom. The van der Waals surface area contributed by atoms with Gasteiger partial charge in [0.2, 0.25) is 0 Å². The summed E-state index contributed by atoms with van der Waals surface area (Å²) in [6.07, 6.45) is 0.711. The number of para-hydroxylation sites is 1. The lowest BCUT2D eigenvalue weighted by Gasteiger charge is -2.25. The Kier molecular flexibility index (Phi) is 6.06. The van der Waals surface area contributed by atoms with Crippen LogP contribution in [-0.4, -0.2) is 35.4 Å². The van der Waals surface area contributed by atoms with Crippen LogP contribution in [0.1, 0.15) is 55.8 Å². The van der Waals surface area contributed by atoms with E-state index in [4.69, 9.17) is 4.74 Å². The van der Waals surface area contributed by atoms with E-state index in [9.17, 15) is 14.7 Å². The number of aliphatic hydroxyl groups is 1. The topological polar surface area (TPSA) is 66.8 Å². The van der Waals surface area contributed by atoms with Crippen LogP contribution in [0.5, 0.6) is 5.75 Å².